The second-order valence-electron chi connectivity index (χ2n) is 4.02. The molecule has 1 aromatic heterocycles. The van der Waals surface area contributed by atoms with Gasteiger partial charge in [-0.2, -0.15) is 0 Å². The third-order valence-corrected chi connectivity index (χ3v) is 2.86. The van der Waals surface area contributed by atoms with E-state index in [1.54, 1.807) is 6.07 Å². The lowest BCUT2D eigenvalue weighted by molar-refractivity contribution is 0.174. The number of nitrogens with zero attached hydrogens (tertiary/aromatic N) is 1. The standard InChI is InChI=1S/C13H11ClN2O3/c14-9-4-10(15)13(16-5-9)17-6-8-1-2-11-12(3-8)19-7-18-11/h1-5H,6-7,15H2. The van der Waals surface area contributed by atoms with Crippen LogP contribution in [0.3, 0.4) is 0 Å². The van der Waals surface area contributed by atoms with Crippen molar-refractivity contribution >= 4 is 17.3 Å². The van der Waals surface area contributed by atoms with Crippen molar-refractivity contribution in [2.45, 2.75) is 6.61 Å². The van der Waals surface area contributed by atoms with Crippen LogP contribution in [-0.2, 0) is 6.61 Å². The number of nitrogens with two attached hydrogens (primary N) is 1. The van der Waals surface area contributed by atoms with E-state index in [0.29, 0.717) is 23.2 Å². The molecule has 6 heteroatoms. The number of halogens is 1. The molecule has 3 rings (SSSR count). The van der Waals surface area contributed by atoms with E-state index >= 15 is 0 Å². The van der Waals surface area contributed by atoms with Crippen LogP contribution in [0.5, 0.6) is 17.4 Å². The van der Waals surface area contributed by atoms with Crippen LogP contribution in [0.15, 0.2) is 30.5 Å². The number of aromatic nitrogens is 1. The van der Waals surface area contributed by atoms with Gasteiger partial charge in [-0.05, 0) is 23.8 Å². The second kappa shape index (κ2) is 4.85. The first-order valence-electron chi connectivity index (χ1n) is 5.65. The zero-order valence-corrected chi connectivity index (χ0v) is 10.7. The van der Waals surface area contributed by atoms with E-state index in [0.717, 1.165) is 17.1 Å². The van der Waals surface area contributed by atoms with Gasteiger partial charge in [0.2, 0.25) is 12.7 Å². The van der Waals surface area contributed by atoms with Crippen molar-refractivity contribution in [1.29, 1.82) is 0 Å². The minimum atomic E-state index is 0.255. The van der Waals surface area contributed by atoms with Crippen molar-refractivity contribution in [3.8, 4) is 17.4 Å². The Kier molecular flexibility index (Phi) is 3.05. The molecule has 1 aliphatic rings. The van der Waals surface area contributed by atoms with E-state index in [-0.39, 0.29) is 6.79 Å². The molecule has 0 bridgehead atoms. The molecule has 0 saturated heterocycles. The summed E-state index contributed by atoms with van der Waals surface area (Å²) in [4.78, 5) is 4.03. The molecule has 0 unspecified atom stereocenters. The second-order valence-corrected chi connectivity index (χ2v) is 4.46. The molecule has 0 aliphatic carbocycles. The van der Waals surface area contributed by atoms with Crippen molar-refractivity contribution in [2.75, 3.05) is 12.5 Å². The number of fused-ring (bicyclic) bond motifs is 1. The minimum Gasteiger partial charge on any atom is -0.471 e. The molecule has 19 heavy (non-hydrogen) atoms. The molecular formula is C13H11ClN2O3. The van der Waals surface area contributed by atoms with Gasteiger partial charge in [-0.15, -0.1) is 0 Å². The van der Waals surface area contributed by atoms with Crippen LogP contribution >= 0.6 is 11.6 Å². The molecule has 1 aliphatic heterocycles. The Morgan fingerprint density at radius 2 is 2.11 bits per heavy atom. The number of hydrogen-bond donors (Lipinski definition) is 1. The van der Waals surface area contributed by atoms with Crippen LogP contribution in [0, 0.1) is 0 Å². The van der Waals surface area contributed by atoms with Gasteiger partial charge in [0.25, 0.3) is 0 Å². The number of pyridine rings is 1. The minimum absolute atomic E-state index is 0.255. The summed E-state index contributed by atoms with van der Waals surface area (Å²) in [6.07, 6.45) is 1.49. The van der Waals surface area contributed by atoms with Gasteiger partial charge in [-0.25, -0.2) is 4.98 Å². The molecule has 0 saturated carbocycles. The number of benzene rings is 1. The Labute approximate surface area is 114 Å². The Morgan fingerprint density at radius 3 is 2.95 bits per heavy atom. The van der Waals surface area contributed by atoms with Crippen molar-refractivity contribution < 1.29 is 14.2 Å². The molecule has 2 N–H and O–H groups in total. The van der Waals surface area contributed by atoms with E-state index in [4.69, 9.17) is 31.5 Å². The normalized spacial score (nSPS) is 12.5. The summed E-state index contributed by atoms with van der Waals surface area (Å²) in [5.41, 5.74) is 7.11. The summed E-state index contributed by atoms with van der Waals surface area (Å²) >= 11 is 5.77. The molecule has 0 spiro atoms. The summed E-state index contributed by atoms with van der Waals surface area (Å²) < 4.78 is 16.1. The molecule has 2 heterocycles. The van der Waals surface area contributed by atoms with E-state index in [1.807, 2.05) is 18.2 Å². The van der Waals surface area contributed by atoms with Gasteiger partial charge in [0, 0.05) is 6.20 Å². The Balaban J connectivity index is 1.72. The van der Waals surface area contributed by atoms with Crippen LogP contribution in [0.4, 0.5) is 5.69 Å². The van der Waals surface area contributed by atoms with Crippen LogP contribution in [-0.4, -0.2) is 11.8 Å². The molecule has 5 nitrogen and oxygen atoms in total. The summed E-state index contributed by atoms with van der Waals surface area (Å²) in [6.45, 7) is 0.598. The highest BCUT2D eigenvalue weighted by molar-refractivity contribution is 6.30. The smallest absolute Gasteiger partial charge is 0.237 e. The van der Waals surface area contributed by atoms with E-state index < -0.39 is 0 Å². The lowest BCUT2D eigenvalue weighted by Gasteiger charge is -2.08. The fourth-order valence-corrected chi connectivity index (χ4v) is 1.91. The highest BCUT2D eigenvalue weighted by atomic mass is 35.5. The van der Waals surface area contributed by atoms with Gasteiger partial charge in [0.15, 0.2) is 11.5 Å². The van der Waals surface area contributed by atoms with E-state index in [1.165, 1.54) is 6.20 Å². The summed E-state index contributed by atoms with van der Waals surface area (Å²) in [5, 5.41) is 0.480. The highest BCUT2D eigenvalue weighted by Gasteiger charge is 2.13. The van der Waals surface area contributed by atoms with Crippen LogP contribution < -0.4 is 19.9 Å². The molecule has 0 amide bonds. The number of anilines is 1. The summed E-state index contributed by atoms with van der Waals surface area (Å²) in [5.74, 6) is 1.83. The van der Waals surface area contributed by atoms with Crippen molar-refractivity contribution in [3.05, 3.63) is 41.0 Å². The van der Waals surface area contributed by atoms with Crippen LogP contribution in [0.2, 0.25) is 5.02 Å². The van der Waals surface area contributed by atoms with Crippen LogP contribution in [0.1, 0.15) is 5.56 Å². The third kappa shape index (κ3) is 2.51. The van der Waals surface area contributed by atoms with Crippen molar-refractivity contribution in [2.24, 2.45) is 0 Å². The largest absolute Gasteiger partial charge is 0.471 e. The molecule has 0 radical (unpaired) electrons. The fraction of sp³-hybridized carbons (Fsp3) is 0.154. The van der Waals surface area contributed by atoms with Crippen LogP contribution in [0.25, 0.3) is 0 Å². The molecule has 0 atom stereocenters. The molecule has 2 aromatic rings. The Bertz CT molecular complexity index is 619. The predicted octanol–water partition coefficient (Wildman–Crippen LogP) is 2.62. The van der Waals surface area contributed by atoms with E-state index in [2.05, 4.69) is 4.98 Å². The molecule has 0 fully saturated rings. The first-order chi connectivity index (χ1) is 9.22. The quantitative estimate of drug-likeness (QED) is 0.935. The average Bonchev–Trinajstić information content (AvgIpc) is 2.85. The number of hydrogen-bond acceptors (Lipinski definition) is 5. The first-order valence-corrected chi connectivity index (χ1v) is 6.02. The molecule has 1 aromatic carbocycles. The maximum absolute atomic E-state index is 5.77. The Hall–Kier alpha value is -2.14. The van der Waals surface area contributed by atoms with Crippen molar-refractivity contribution in [3.63, 3.8) is 0 Å². The van der Waals surface area contributed by atoms with Gasteiger partial charge in [0.05, 0.1) is 10.7 Å². The summed E-state index contributed by atoms with van der Waals surface area (Å²) in [7, 11) is 0. The number of rotatable bonds is 3. The maximum atomic E-state index is 5.77. The van der Waals surface area contributed by atoms with Gasteiger partial charge in [-0.3, -0.25) is 0 Å². The zero-order valence-electron chi connectivity index (χ0n) is 9.93. The number of nitrogen functional groups attached to an aromatic ring is 1. The SMILES string of the molecule is Nc1cc(Cl)cnc1OCc1ccc2c(c1)OCO2. The predicted molar refractivity (Wildman–Crippen MR) is 70.6 cm³/mol. The third-order valence-electron chi connectivity index (χ3n) is 2.66. The molecule has 98 valence electrons. The lowest BCUT2D eigenvalue weighted by Crippen LogP contribution is -2.00. The number of ether oxygens (including phenoxy) is 3. The van der Waals surface area contributed by atoms with Gasteiger partial charge in [0.1, 0.15) is 6.61 Å². The monoisotopic (exact) mass is 278 g/mol. The summed E-state index contributed by atoms with van der Waals surface area (Å²) in [6, 6.07) is 7.22. The van der Waals surface area contributed by atoms with Gasteiger partial charge < -0.3 is 19.9 Å². The topological polar surface area (TPSA) is 66.6 Å². The van der Waals surface area contributed by atoms with Crippen molar-refractivity contribution in [1.82, 2.24) is 4.98 Å². The lowest BCUT2D eigenvalue weighted by atomic mass is 10.2. The zero-order chi connectivity index (χ0) is 13.2. The van der Waals surface area contributed by atoms with Gasteiger partial charge >= 0.3 is 0 Å². The molecular weight excluding hydrogens is 268 g/mol. The Morgan fingerprint density at radius 1 is 1.26 bits per heavy atom. The fourth-order valence-electron chi connectivity index (χ4n) is 1.75. The average molecular weight is 279 g/mol. The highest BCUT2D eigenvalue weighted by Crippen LogP contribution is 2.33. The first kappa shape index (κ1) is 11.9. The maximum Gasteiger partial charge on any atom is 0.237 e. The van der Waals surface area contributed by atoms with E-state index in [9.17, 15) is 0 Å². The van der Waals surface area contributed by atoms with Gasteiger partial charge in [-0.1, -0.05) is 17.7 Å².